The fourth-order valence-corrected chi connectivity index (χ4v) is 1.94. The van der Waals surface area contributed by atoms with Crippen LogP contribution in [0, 0.1) is 0 Å². The van der Waals surface area contributed by atoms with Gasteiger partial charge in [0, 0.05) is 30.9 Å². The van der Waals surface area contributed by atoms with Crippen LogP contribution < -0.4 is 0 Å². The Balaban J connectivity index is 2.09. The topological polar surface area (TPSA) is 42.2 Å². The van der Waals surface area contributed by atoms with Crippen molar-refractivity contribution in [1.29, 1.82) is 0 Å². The predicted molar refractivity (Wildman–Crippen MR) is 70.9 cm³/mol. The molecule has 18 heavy (non-hydrogen) atoms. The quantitative estimate of drug-likeness (QED) is 0.819. The van der Waals surface area contributed by atoms with Crippen molar-refractivity contribution in [1.82, 2.24) is 4.57 Å². The Labute approximate surface area is 107 Å². The second kappa shape index (κ2) is 5.54. The monoisotopic (exact) mass is 243 g/mol. The van der Waals surface area contributed by atoms with E-state index in [0.29, 0.717) is 13.0 Å². The molecule has 1 aromatic carbocycles. The summed E-state index contributed by atoms with van der Waals surface area (Å²) >= 11 is 0. The molecule has 0 amide bonds. The zero-order valence-electron chi connectivity index (χ0n) is 10.5. The van der Waals surface area contributed by atoms with Crippen LogP contribution in [0.15, 0.2) is 42.7 Å². The van der Waals surface area contributed by atoms with Crippen molar-refractivity contribution in [3.63, 3.8) is 0 Å². The molecule has 0 aliphatic rings. The first-order valence-electron chi connectivity index (χ1n) is 6.16. The summed E-state index contributed by atoms with van der Waals surface area (Å²) in [6, 6.07) is 8.99. The Morgan fingerprint density at radius 2 is 2.17 bits per heavy atom. The molecule has 3 nitrogen and oxygen atoms in total. The maximum Gasteiger partial charge on any atom is 0.164 e. The molecule has 0 saturated carbocycles. The molecule has 2 aromatic rings. The third-order valence-electron chi connectivity index (χ3n) is 2.83. The summed E-state index contributed by atoms with van der Waals surface area (Å²) in [5.74, 6) is 0.453. The minimum atomic E-state index is 0.187. The van der Waals surface area contributed by atoms with Crippen LogP contribution in [-0.4, -0.2) is 15.5 Å². The van der Waals surface area contributed by atoms with Crippen molar-refractivity contribution >= 4 is 5.78 Å². The molecule has 0 saturated heterocycles. The first-order valence-corrected chi connectivity index (χ1v) is 6.16. The van der Waals surface area contributed by atoms with Crippen molar-refractivity contribution in [2.24, 2.45) is 0 Å². The van der Waals surface area contributed by atoms with Gasteiger partial charge >= 0.3 is 0 Å². The van der Waals surface area contributed by atoms with E-state index >= 15 is 0 Å². The standard InChI is InChI=1S/C15H17NO2/c1-2-4-15(18)13-7-8-16(11-13)10-12-5-3-6-14(17)9-12/h3,5-9,11,17H,2,4,10H2,1H3. The first kappa shape index (κ1) is 12.4. The SMILES string of the molecule is CCCC(=O)c1ccn(Cc2cccc(O)c2)c1. The average Bonchev–Trinajstić information content (AvgIpc) is 2.78. The van der Waals surface area contributed by atoms with Gasteiger partial charge in [-0.15, -0.1) is 0 Å². The molecule has 1 heterocycles. The molecule has 0 spiro atoms. The Kier molecular flexibility index (Phi) is 3.82. The van der Waals surface area contributed by atoms with E-state index in [0.717, 1.165) is 17.5 Å². The van der Waals surface area contributed by atoms with E-state index in [1.54, 1.807) is 12.1 Å². The number of phenolic OH excluding ortho intramolecular Hbond substituents is 1. The Morgan fingerprint density at radius 3 is 2.89 bits per heavy atom. The van der Waals surface area contributed by atoms with E-state index in [1.807, 2.05) is 42.1 Å². The van der Waals surface area contributed by atoms with Gasteiger partial charge in [-0.3, -0.25) is 4.79 Å². The number of carbonyl (C=O) groups excluding carboxylic acids is 1. The molecule has 0 unspecified atom stereocenters. The molecule has 0 aliphatic carbocycles. The van der Waals surface area contributed by atoms with Crippen LogP contribution in [0.25, 0.3) is 0 Å². The minimum Gasteiger partial charge on any atom is -0.508 e. The first-order chi connectivity index (χ1) is 8.69. The van der Waals surface area contributed by atoms with Crippen molar-refractivity contribution in [3.05, 3.63) is 53.9 Å². The van der Waals surface area contributed by atoms with Crippen LogP contribution in [0.3, 0.4) is 0 Å². The second-order valence-corrected chi connectivity index (χ2v) is 4.42. The van der Waals surface area contributed by atoms with Gasteiger partial charge in [0.15, 0.2) is 5.78 Å². The lowest BCUT2D eigenvalue weighted by atomic mass is 10.1. The Bertz CT molecular complexity index is 543. The van der Waals surface area contributed by atoms with Crippen LogP contribution in [0.5, 0.6) is 5.75 Å². The summed E-state index contributed by atoms with van der Waals surface area (Å²) in [6.45, 7) is 2.66. The largest absolute Gasteiger partial charge is 0.508 e. The van der Waals surface area contributed by atoms with Crippen molar-refractivity contribution in [2.75, 3.05) is 0 Å². The maximum atomic E-state index is 11.7. The summed E-state index contributed by atoms with van der Waals surface area (Å²) in [5, 5.41) is 9.39. The summed E-state index contributed by atoms with van der Waals surface area (Å²) < 4.78 is 1.96. The molecule has 0 fully saturated rings. The van der Waals surface area contributed by atoms with Gasteiger partial charge in [-0.25, -0.2) is 0 Å². The number of aromatic nitrogens is 1. The number of hydrogen-bond donors (Lipinski definition) is 1. The molecule has 2 rings (SSSR count). The number of Topliss-reactive ketones (excluding diaryl/α,β-unsaturated/α-hetero) is 1. The third kappa shape index (κ3) is 3.00. The highest BCUT2D eigenvalue weighted by molar-refractivity contribution is 5.95. The summed E-state index contributed by atoms with van der Waals surface area (Å²) in [5.41, 5.74) is 1.78. The van der Waals surface area contributed by atoms with Gasteiger partial charge in [-0.2, -0.15) is 0 Å². The minimum absolute atomic E-state index is 0.187. The number of phenols is 1. The zero-order valence-corrected chi connectivity index (χ0v) is 10.5. The molecule has 0 aliphatic heterocycles. The number of aromatic hydroxyl groups is 1. The van der Waals surface area contributed by atoms with Gasteiger partial charge in [-0.1, -0.05) is 19.1 Å². The van der Waals surface area contributed by atoms with Gasteiger partial charge in [0.25, 0.3) is 0 Å². The van der Waals surface area contributed by atoms with E-state index in [9.17, 15) is 9.90 Å². The van der Waals surface area contributed by atoms with Crippen molar-refractivity contribution in [2.45, 2.75) is 26.3 Å². The van der Waals surface area contributed by atoms with Gasteiger partial charge < -0.3 is 9.67 Å². The van der Waals surface area contributed by atoms with E-state index in [2.05, 4.69) is 0 Å². The Hall–Kier alpha value is -2.03. The zero-order chi connectivity index (χ0) is 13.0. The van der Waals surface area contributed by atoms with Crippen LogP contribution in [0.2, 0.25) is 0 Å². The number of rotatable bonds is 5. The van der Waals surface area contributed by atoms with Crippen LogP contribution in [0.1, 0.15) is 35.7 Å². The average molecular weight is 243 g/mol. The maximum absolute atomic E-state index is 11.7. The van der Waals surface area contributed by atoms with Crippen molar-refractivity contribution in [3.8, 4) is 5.75 Å². The van der Waals surface area contributed by atoms with Gasteiger partial charge in [0.2, 0.25) is 0 Å². The smallest absolute Gasteiger partial charge is 0.164 e. The molecule has 0 bridgehead atoms. The molecular formula is C15H17NO2. The highest BCUT2D eigenvalue weighted by Crippen LogP contribution is 2.13. The number of hydrogen-bond acceptors (Lipinski definition) is 2. The van der Waals surface area contributed by atoms with E-state index in [-0.39, 0.29) is 11.5 Å². The molecule has 1 N–H and O–H groups in total. The van der Waals surface area contributed by atoms with Crippen LogP contribution >= 0.6 is 0 Å². The number of benzene rings is 1. The van der Waals surface area contributed by atoms with Gasteiger partial charge in [-0.05, 0) is 30.2 Å². The van der Waals surface area contributed by atoms with E-state index < -0.39 is 0 Å². The lowest BCUT2D eigenvalue weighted by Crippen LogP contribution is -1.98. The van der Waals surface area contributed by atoms with Gasteiger partial charge in [0.1, 0.15) is 5.75 Å². The predicted octanol–water partition coefficient (Wildman–Crippen LogP) is 3.22. The molecule has 3 heteroatoms. The number of carbonyl (C=O) groups is 1. The normalized spacial score (nSPS) is 10.5. The highest BCUT2D eigenvalue weighted by Gasteiger charge is 2.06. The molecule has 0 radical (unpaired) electrons. The lowest BCUT2D eigenvalue weighted by molar-refractivity contribution is 0.0981. The second-order valence-electron chi connectivity index (χ2n) is 4.42. The number of ketones is 1. The molecule has 0 atom stereocenters. The summed E-state index contributed by atoms with van der Waals surface area (Å²) in [7, 11) is 0. The summed E-state index contributed by atoms with van der Waals surface area (Å²) in [6.07, 6.45) is 5.22. The van der Waals surface area contributed by atoms with Gasteiger partial charge in [0.05, 0.1) is 0 Å². The molecule has 1 aromatic heterocycles. The van der Waals surface area contributed by atoms with E-state index in [1.165, 1.54) is 0 Å². The highest BCUT2D eigenvalue weighted by atomic mass is 16.3. The number of nitrogens with zero attached hydrogens (tertiary/aromatic N) is 1. The van der Waals surface area contributed by atoms with Crippen molar-refractivity contribution < 1.29 is 9.90 Å². The third-order valence-corrected chi connectivity index (χ3v) is 2.83. The van der Waals surface area contributed by atoms with E-state index in [4.69, 9.17) is 0 Å². The van der Waals surface area contributed by atoms with Crippen LogP contribution in [0.4, 0.5) is 0 Å². The Morgan fingerprint density at radius 1 is 1.33 bits per heavy atom. The fraction of sp³-hybridized carbons (Fsp3) is 0.267. The molecule has 94 valence electrons. The fourth-order valence-electron chi connectivity index (χ4n) is 1.94. The summed E-state index contributed by atoms with van der Waals surface area (Å²) in [4.78, 5) is 11.7. The lowest BCUT2D eigenvalue weighted by Gasteiger charge is -2.03. The van der Waals surface area contributed by atoms with Crippen LogP contribution in [-0.2, 0) is 6.54 Å². The molecular weight excluding hydrogens is 226 g/mol.